The van der Waals surface area contributed by atoms with E-state index in [1.807, 2.05) is 4.83 Å². The lowest BCUT2D eigenvalue weighted by Gasteiger charge is -2.14. The van der Waals surface area contributed by atoms with Crippen molar-refractivity contribution in [3.8, 4) is 11.1 Å². The first-order valence-corrected chi connectivity index (χ1v) is 11.4. The number of carbonyl (C=O) groups is 2. The van der Waals surface area contributed by atoms with Gasteiger partial charge in [-0.05, 0) is 23.8 Å². The summed E-state index contributed by atoms with van der Waals surface area (Å²) in [5, 5.41) is 6.17. The molecule has 32 heavy (non-hydrogen) atoms. The summed E-state index contributed by atoms with van der Waals surface area (Å²) in [4.78, 5) is 26.4. The minimum Gasteiger partial charge on any atom is -0.442 e. The fourth-order valence-electron chi connectivity index (χ4n) is 3.02. The van der Waals surface area contributed by atoms with Gasteiger partial charge in [-0.1, -0.05) is 24.3 Å². The van der Waals surface area contributed by atoms with Gasteiger partial charge in [0.25, 0.3) is 0 Å². The standard InChI is InChI=1S/C20H22FN5O5S/c1-12(27)23-10-16-11-26(20(28)31-16)15-7-8-17(18(21)9-15)13-3-5-14(6-4-13)19(22)24-25-32(2,29)30/h3-9,16,25H,10-11H2,1-2H3,(H2,22,24)(H,23,27)/t16-/m0/s1. The van der Waals surface area contributed by atoms with Crippen LogP contribution < -0.4 is 20.8 Å². The zero-order chi connectivity index (χ0) is 23.5. The van der Waals surface area contributed by atoms with E-state index in [-0.39, 0.29) is 24.8 Å². The molecule has 1 saturated heterocycles. The van der Waals surface area contributed by atoms with Crippen molar-refractivity contribution >= 4 is 33.5 Å². The maximum absolute atomic E-state index is 14.8. The Bertz CT molecular complexity index is 1170. The van der Waals surface area contributed by atoms with Crippen molar-refractivity contribution in [1.82, 2.24) is 10.1 Å². The second-order valence-corrected chi connectivity index (χ2v) is 8.88. The summed E-state index contributed by atoms with van der Waals surface area (Å²) in [6.45, 7) is 1.73. The Labute approximate surface area is 184 Å². The third-order valence-electron chi connectivity index (χ3n) is 4.54. The van der Waals surface area contributed by atoms with Gasteiger partial charge in [0.2, 0.25) is 15.9 Å². The molecule has 0 aromatic heterocycles. The molecule has 2 aromatic carbocycles. The lowest BCUT2D eigenvalue weighted by Crippen LogP contribution is -2.33. The molecule has 0 aliphatic carbocycles. The summed E-state index contributed by atoms with van der Waals surface area (Å²) >= 11 is 0. The summed E-state index contributed by atoms with van der Waals surface area (Å²) in [7, 11) is -3.53. The smallest absolute Gasteiger partial charge is 0.414 e. The Hall–Kier alpha value is -3.67. The van der Waals surface area contributed by atoms with Crippen molar-refractivity contribution in [3.05, 3.63) is 53.8 Å². The summed E-state index contributed by atoms with van der Waals surface area (Å²) in [5.74, 6) is -0.825. The van der Waals surface area contributed by atoms with E-state index < -0.39 is 28.0 Å². The number of hydrogen-bond acceptors (Lipinski definition) is 6. The summed E-state index contributed by atoms with van der Waals surface area (Å²) < 4.78 is 42.2. The first-order valence-electron chi connectivity index (χ1n) is 9.46. The molecule has 0 radical (unpaired) electrons. The predicted molar refractivity (Wildman–Crippen MR) is 117 cm³/mol. The summed E-state index contributed by atoms with van der Waals surface area (Å²) in [5.41, 5.74) is 7.38. The minimum atomic E-state index is -3.53. The molecule has 1 fully saturated rings. The summed E-state index contributed by atoms with van der Waals surface area (Å²) in [6, 6.07) is 10.8. The van der Waals surface area contributed by atoms with Gasteiger partial charge < -0.3 is 15.8 Å². The van der Waals surface area contributed by atoms with Crippen LogP contribution in [0.1, 0.15) is 12.5 Å². The van der Waals surface area contributed by atoms with Crippen LogP contribution in [0, 0.1) is 5.82 Å². The van der Waals surface area contributed by atoms with Crippen molar-refractivity contribution in [2.45, 2.75) is 13.0 Å². The number of cyclic esters (lactones) is 1. The molecule has 2 aromatic rings. The molecule has 0 unspecified atom stereocenters. The zero-order valence-corrected chi connectivity index (χ0v) is 18.1. The molecule has 0 bridgehead atoms. The number of anilines is 1. The van der Waals surface area contributed by atoms with E-state index in [0.29, 0.717) is 22.4 Å². The van der Waals surface area contributed by atoms with Crippen LogP contribution in [0.2, 0.25) is 0 Å². The topological polar surface area (TPSA) is 143 Å². The molecule has 12 heteroatoms. The number of rotatable bonds is 7. The van der Waals surface area contributed by atoms with E-state index in [1.54, 1.807) is 30.3 Å². The number of hydrogen-bond donors (Lipinski definition) is 3. The minimum absolute atomic E-state index is 0.0424. The number of nitrogens with one attached hydrogen (secondary N) is 2. The lowest BCUT2D eigenvalue weighted by atomic mass is 10.0. The van der Waals surface area contributed by atoms with Crippen LogP contribution >= 0.6 is 0 Å². The molecule has 1 aliphatic heterocycles. The molecule has 1 aliphatic rings. The van der Waals surface area contributed by atoms with E-state index in [0.717, 1.165) is 6.26 Å². The van der Waals surface area contributed by atoms with Gasteiger partial charge in [-0.25, -0.2) is 22.4 Å². The number of nitrogens with zero attached hydrogens (tertiary/aromatic N) is 2. The molecule has 170 valence electrons. The van der Waals surface area contributed by atoms with E-state index in [1.165, 1.54) is 24.0 Å². The van der Waals surface area contributed by atoms with Crippen molar-refractivity contribution in [1.29, 1.82) is 0 Å². The van der Waals surface area contributed by atoms with E-state index >= 15 is 0 Å². The van der Waals surface area contributed by atoms with Gasteiger partial charge in [-0.2, -0.15) is 0 Å². The van der Waals surface area contributed by atoms with Crippen LogP contribution in [0.25, 0.3) is 11.1 Å². The Morgan fingerprint density at radius 3 is 2.56 bits per heavy atom. The zero-order valence-electron chi connectivity index (χ0n) is 17.3. The first kappa shape index (κ1) is 23.0. The highest BCUT2D eigenvalue weighted by Gasteiger charge is 2.32. The average molecular weight is 463 g/mol. The molecule has 2 amide bonds. The highest BCUT2D eigenvalue weighted by molar-refractivity contribution is 7.88. The Kier molecular flexibility index (Phi) is 6.63. The first-order chi connectivity index (χ1) is 15.0. The van der Waals surface area contributed by atoms with Crippen molar-refractivity contribution in [3.63, 3.8) is 0 Å². The number of amides is 2. The number of carbonyl (C=O) groups excluding carboxylic acids is 2. The maximum Gasteiger partial charge on any atom is 0.414 e. The van der Waals surface area contributed by atoms with Crippen LogP contribution in [0.3, 0.4) is 0 Å². The van der Waals surface area contributed by atoms with E-state index in [9.17, 15) is 22.4 Å². The number of sulfonamides is 1. The number of ether oxygens (including phenoxy) is 1. The van der Waals surface area contributed by atoms with Crippen molar-refractivity contribution in [2.75, 3.05) is 24.2 Å². The molecular weight excluding hydrogens is 441 g/mol. The largest absolute Gasteiger partial charge is 0.442 e. The number of amidine groups is 1. The van der Waals surface area contributed by atoms with Gasteiger partial charge in [-0.15, -0.1) is 5.10 Å². The van der Waals surface area contributed by atoms with Crippen molar-refractivity contribution in [2.24, 2.45) is 10.8 Å². The molecule has 0 saturated carbocycles. The molecule has 4 N–H and O–H groups in total. The lowest BCUT2D eigenvalue weighted by molar-refractivity contribution is -0.119. The third kappa shape index (κ3) is 5.72. The SMILES string of the molecule is CC(=O)NC[C@H]1CN(c2ccc(-c3ccc(/C(N)=N/NS(C)(=O)=O)cc3)c(F)c2)C(=O)O1. The van der Waals surface area contributed by atoms with Gasteiger partial charge in [0, 0.05) is 18.1 Å². The monoisotopic (exact) mass is 463 g/mol. The number of nitrogens with two attached hydrogens (primary N) is 1. The number of halogens is 1. The highest BCUT2D eigenvalue weighted by atomic mass is 32.2. The second-order valence-electron chi connectivity index (χ2n) is 7.16. The molecule has 3 rings (SSSR count). The normalized spacial score (nSPS) is 16.6. The Morgan fingerprint density at radius 2 is 1.97 bits per heavy atom. The Morgan fingerprint density at radius 1 is 1.28 bits per heavy atom. The van der Waals surface area contributed by atoms with E-state index in [4.69, 9.17) is 10.5 Å². The second kappa shape index (κ2) is 9.22. The number of hydrazone groups is 1. The fraction of sp³-hybridized carbons (Fsp3) is 0.250. The van der Waals surface area contributed by atoms with E-state index in [2.05, 4.69) is 10.4 Å². The quantitative estimate of drug-likeness (QED) is 0.319. The average Bonchev–Trinajstić information content (AvgIpc) is 3.10. The van der Waals surface area contributed by atoms with Crippen molar-refractivity contribution < 1.29 is 27.1 Å². The van der Waals surface area contributed by atoms with Gasteiger partial charge in [0.15, 0.2) is 5.84 Å². The Balaban J connectivity index is 1.74. The van der Waals surface area contributed by atoms with Gasteiger partial charge in [0.1, 0.15) is 11.9 Å². The van der Waals surface area contributed by atoms with Gasteiger partial charge in [0.05, 0.1) is 25.0 Å². The van der Waals surface area contributed by atoms with Crippen LogP contribution in [0.5, 0.6) is 0 Å². The number of benzene rings is 2. The molecule has 10 nitrogen and oxygen atoms in total. The van der Waals surface area contributed by atoms with Gasteiger partial charge >= 0.3 is 6.09 Å². The maximum atomic E-state index is 14.8. The van der Waals surface area contributed by atoms with Crippen LogP contribution in [0.15, 0.2) is 47.6 Å². The highest BCUT2D eigenvalue weighted by Crippen LogP contribution is 2.29. The predicted octanol–water partition coefficient (Wildman–Crippen LogP) is 1.12. The summed E-state index contributed by atoms with van der Waals surface area (Å²) in [6.07, 6.45) is -0.190. The van der Waals surface area contributed by atoms with Crippen LogP contribution in [0.4, 0.5) is 14.9 Å². The molecule has 0 spiro atoms. The fourth-order valence-corrected chi connectivity index (χ4v) is 3.28. The molecular formula is C20H22FN5O5S. The molecule has 1 heterocycles. The molecule has 1 atom stereocenters. The van der Waals surface area contributed by atoms with Crippen LogP contribution in [-0.2, 0) is 19.6 Å². The third-order valence-corrected chi connectivity index (χ3v) is 4.96. The van der Waals surface area contributed by atoms with Gasteiger partial charge in [-0.3, -0.25) is 9.69 Å². The van der Waals surface area contributed by atoms with Crippen LogP contribution in [-0.4, -0.2) is 51.7 Å².